The van der Waals surface area contributed by atoms with Gasteiger partial charge in [-0.2, -0.15) is 0 Å². The van der Waals surface area contributed by atoms with E-state index in [2.05, 4.69) is 34.6 Å². The van der Waals surface area contributed by atoms with E-state index >= 15 is 0 Å². The summed E-state index contributed by atoms with van der Waals surface area (Å²) in [4.78, 5) is 0. The van der Waals surface area contributed by atoms with E-state index in [4.69, 9.17) is 0 Å². The third-order valence-corrected chi connectivity index (χ3v) is 1.51. The first kappa shape index (κ1) is 9.00. The molecule has 0 rings (SSSR count). The maximum absolute atomic E-state index is 3.90. The minimum atomic E-state index is 0.416. The number of hydrogen-bond acceptors (Lipinski definition) is 0. The van der Waals surface area contributed by atoms with Gasteiger partial charge in [0.05, 0.1) is 0 Å². The molecule has 0 saturated carbocycles. The van der Waals surface area contributed by atoms with Gasteiger partial charge < -0.3 is 0 Å². The second-order valence-electron chi connectivity index (χ2n) is 3.80. The minimum absolute atomic E-state index is 0.416. The van der Waals surface area contributed by atoms with Crippen molar-refractivity contribution >= 4 is 0 Å². The predicted octanol–water partition coefficient (Wildman–Crippen LogP) is 3.24. The molecule has 9 heavy (non-hydrogen) atoms. The number of rotatable bonds is 3. The molecule has 0 heterocycles. The van der Waals surface area contributed by atoms with Crippen LogP contribution in [0, 0.1) is 18.3 Å². The molecule has 0 heteroatoms. The van der Waals surface area contributed by atoms with Crippen LogP contribution in [-0.2, 0) is 0 Å². The Morgan fingerprint density at radius 3 is 1.89 bits per heavy atom. The lowest BCUT2D eigenvalue weighted by Gasteiger charge is -2.24. The van der Waals surface area contributed by atoms with Crippen LogP contribution in [0.1, 0.15) is 40.5 Å². The van der Waals surface area contributed by atoms with Crippen molar-refractivity contribution in [2.45, 2.75) is 40.5 Å². The molecule has 0 saturated heterocycles. The largest absolute Gasteiger partial charge is 0.0599 e. The minimum Gasteiger partial charge on any atom is -0.0599 e. The van der Waals surface area contributed by atoms with E-state index in [9.17, 15) is 0 Å². The molecule has 0 nitrogen and oxygen atoms in total. The van der Waals surface area contributed by atoms with Crippen LogP contribution in [0.25, 0.3) is 0 Å². The zero-order valence-corrected chi connectivity index (χ0v) is 7.12. The summed E-state index contributed by atoms with van der Waals surface area (Å²) >= 11 is 0. The molecule has 2 radical (unpaired) electrons. The fourth-order valence-electron chi connectivity index (χ4n) is 1.05. The van der Waals surface area contributed by atoms with Crippen LogP contribution >= 0.6 is 0 Å². The normalized spacial score (nSPS) is 12.7. The van der Waals surface area contributed by atoms with E-state index in [1.807, 2.05) is 0 Å². The molecule has 0 aliphatic rings. The second kappa shape index (κ2) is 3.24. The smallest absolute Gasteiger partial charge is 0.0298 e. The molecule has 54 valence electrons. The monoisotopic (exact) mass is 126 g/mol. The van der Waals surface area contributed by atoms with Crippen molar-refractivity contribution in [3.63, 3.8) is 0 Å². The fraction of sp³-hybridized carbons (Fsp3) is 0.778. The van der Waals surface area contributed by atoms with E-state index in [0.29, 0.717) is 5.41 Å². The SMILES string of the molecule is [CH2]CC(C)(C)C[C](C)C. The van der Waals surface area contributed by atoms with E-state index in [-0.39, 0.29) is 0 Å². The Bertz CT molecular complexity index is 70.1. The summed E-state index contributed by atoms with van der Waals surface area (Å²) in [6, 6.07) is 0. The van der Waals surface area contributed by atoms with Gasteiger partial charge in [-0.1, -0.05) is 34.6 Å². The fourth-order valence-corrected chi connectivity index (χ4v) is 1.05. The first-order chi connectivity index (χ1) is 3.98. The average molecular weight is 126 g/mol. The van der Waals surface area contributed by atoms with Crippen molar-refractivity contribution in [1.29, 1.82) is 0 Å². The lowest BCUT2D eigenvalue weighted by Crippen LogP contribution is -2.11. The molecule has 0 amide bonds. The highest BCUT2D eigenvalue weighted by molar-refractivity contribution is 4.85. The van der Waals surface area contributed by atoms with Crippen LogP contribution in [0.15, 0.2) is 0 Å². The first-order valence-corrected chi connectivity index (χ1v) is 3.56. The van der Waals surface area contributed by atoms with Crippen LogP contribution in [0.4, 0.5) is 0 Å². The van der Waals surface area contributed by atoms with Crippen molar-refractivity contribution in [1.82, 2.24) is 0 Å². The topological polar surface area (TPSA) is 0 Å². The van der Waals surface area contributed by atoms with Gasteiger partial charge in [0.15, 0.2) is 0 Å². The van der Waals surface area contributed by atoms with Crippen molar-refractivity contribution < 1.29 is 0 Å². The Morgan fingerprint density at radius 1 is 1.33 bits per heavy atom. The van der Waals surface area contributed by atoms with Gasteiger partial charge in [0.25, 0.3) is 0 Å². The van der Waals surface area contributed by atoms with Gasteiger partial charge in [-0.05, 0) is 24.2 Å². The Labute approximate surface area is 59.7 Å². The molecule has 0 atom stereocenters. The summed E-state index contributed by atoms with van der Waals surface area (Å²) in [5.41, 5.74) is 0.416. The van der Waals surface area contributed by atoms with Gasteiger partial charge in [-0.15, -0.1) is 0 Å². The molecule has 0 aliphatic carbocycles. The molecular formula is C9H18. The van der Waals surface area contributed by atoms with Gasteiger partial charge >= 0.3 is 0 Å². The third-order valence-electron chi connectivity index (χ3n) is 1.51. The maximum Gasteiger partial charge on any atom is -0.0298 e. The zero-order chi connectivity index (χ0) is 7.49. The van der Waals surface area contributed by atoms with Gasteiger partial charge in [0.1, 0.15) is 0 Å². The first-order valence-electron chi connectivity index (χ1n) is 3.56. The van der Waals surface area contributed by atoms with E-state index < -0.39 is 0 Å². The van der Waals surface area contributed by atoms with Crippen molar-refractivity contribution in [2.75, 3.05) is 0 Å². The molecule has 0 fully saturated rings. The van der Waals surface area contributed by atoms with Gasteiger partial charge in [0, 0.05) is 0 Å². The van der Waals surface area contributed by atoms with Crippen LogP contribution in [0.2, 0.25) is 0 Å². The average Bonchev–Trinajstić information content (AvgIpc) is 1.63. The quantitative estimate of drug-likeness (QED) is 0.544. The Kier molecular flexibility index (Phi) is 3.24. The van der Waals surface area contributed by atoms with Gasteiger partial charge in [0.2, 0.25) is 0 Å². The molecule has 0 aromatic rings. The standard InChI is InChI=1S/C9H18/c1-6-9(4,5)7-8(2)3/h1,6-7H2,2-5H3. The molecular weight excluding hydrogens is 108 g/mol. The zero-order valence-electron chi connectivity index (χ0n) is 7.12. The van der Waals surface area contributed by atoms with Crippen LogP contribution < -0.4 is 0 Å². The second-order valence-corrected chi connectivity index (χ2v) is 3.80. The van der Waals surface area contributed by atoms with Gasteiger partial charge in [-0.3, -0.25) is 0 Å². The molecule has 0 N–H and O–H groups in total. The van der Waals surface area contributed by atoms with Crippen molar-refractivity contribution in [3.8, 4) is 0 Å². The Balaban J connectivity index is 3.58. The summed E-state index contributed by atoms with van der Waals surface area (Å²) < 4.78 is 0. The van der Waals surface area contributed by atoms with E-state index in [0.717, 1.165) is 6.42 Å². The summed E-state index contributed by atoms with van der Waals surface area (Å²) in [6.45, 7) is 12.8. The van der Waals surface area contributed by atoms with Gasteiger partial charge in [-0.25, -0.2) is 0 Å². The maximum atomic E-state index is 3.90. The lowest BCUT2D eigenvalue weighted by molar-refractivity contribution is 0.348. The third kappa shape index (κ3) is 4.50. The molecule has 0 unspecified atom stereocenters. The highest BCUT2D eigenvalue weighted by atomic mass is 14.2. The molecule has 0 aromatic heterocycles. The summed E-state index contributed by atoms with van der Waals surface area (Å²) in [5, 5.41) is 0. The van der Waals surface area contributed by atoms with Crippen LogP contribution in [-0.4, -0.2) is 0 Å². The molecule has 0 aromatic carbocycles. The lowest BCUT2D eigenvalue weighted by atomic mass is 9.82. The number of hydrogen-bond donors (Lipinski definition) is 0. The highest BCUT2D eigenvalue weighted by Crippen LogP contribution is 2.28. The summed E-state index contributed by atoms with van der Waals surface area (Å²) in [5.74, 6) is 1.50. The Hall–Kier alpha value is 0. The highest BCUT2D eigenvalue weighted by Gasteiger charge is 2.16. The summed E-state index contributed by atoms with van der Waals surface area (Å²) in [6.07, 6.45) is 2.23. The van der Waals surface area contributed by atoms with Crippen molar-refractivity contribution in [2.24, 2.45) is 5.41 Å². The predicted molar refractivity (Wildman–Crippen MR) is 43.0 cm³/mol. The van der Waals surface area contributed by atoms with E-state index in [1.54, 1.807) is 0 Å². The molecule has 0 spiro atoms. The van der Waals surface area contributed by atoms with Crippen LogP contribution in [0.3, 0.4) is 0 Å². The molecule has 0 bridgehead atoms. The van der Waals surface area contributed by atoms with E-state index in [1.165, 1.54) is 12.3 Å². The summed E-state index contributed by atoms with van der Waals surface area (Å²) in [7, 11) is 0. The van der Waals surface area contributed by atoms with Crippen LogP contribution in [0.5, 0.6) is 0 Å². The van der Waals surface area contributed by atoms with Crippen molar-refractivity contribution in [3.05, 3.63) is 12.8 Å². The Morgan fingerprint density at radius 2 is 1.78 bits per heavy atom. The molecule has 0 aliphatic heterocycles.